The Hall–Kier alpha value is -5.64. The smallest absolute Gasteiger partial charge is 0.143 e. The molecule has 0 fully saturated rings. The Morgan fingerprint density at radius 3 is 2.21 bits per heavy atom. The minimum Gasteiger partial charge on any atom is -0.455 e. The number of thiophene rings is 1. The second-order valence-corrected chi connectivity index (χ2v) is 14.8. The van der Waals surface area contributed by atoms with Crippen molar-refractivity contribution < 1.29 is 4.42 Å². The molecule has 0 aliphatic heterocycles. The van der Waals surface area contributed by atoms with Crippen molar-refractivity contribution in [2.75, 3.05) is 0 Å². The summed E-state index contributed by atoms with van der Waals surface area (Å²) in [6.45, 7) is 4.81. The second kappa shape index (κ2) is 9.25. The summed E-state index contributed by atoms with van der Waals surface area (Å²) in [4.78, 5) is 0. The van der Waals surface area contributed by atoms with Crippen LogP contribution in [0.25, 0.3) is 91.9 Å². The van der Waals surface area contributed by atoms with Crippen LogP contribution in [0.3, 0.4) is 0 Å². The monoisotopic (exact) mass is 631 g/mol. The molecule has 226 valence electrons. The molecule has 1 aliphatic rings. The van der Waals surface area contributed by atoms with Crippen LogP contribution in [0, 0.1) is 0 Å². The molecule has 7 aromatic carbocycles. The number of aromatic nitrogens is 1. The lowest BCUT2D eigenvalue weighted by molar-refractivity contribution is 0.666. The Morgan fingerprint density at radius 1 is 0.542 bits per heavy atom. The first-order chi connectivity index (χ1) is 23.6. The lowest BCUT2D eigenvalue weighted by atomic mass is 9.80. The average Bonchev–Trinajstić information content (AvgIpc) is 3.84. The van der Waals surface area contributed by atoms with Crippen LogP contribution >= 0.6 is 11.3 Å². The minimum absolute atomic E-state index is 0.138. The topological polar surface area (TPSA) is 18.1 Å². The Balaban J connectivity index is 1.12. The standard InChI is InChI=1S/C45H29NOS/c1-45(2)36-25-27(19-20-29(36)32-21-23-41-42(43(32)45)34-12-5-8-17-40(34)48-41)46-37-15-6-3-10-30(37)35-24-26(18-22-38(35)46)28-13-9-14-33-31-11-4-7-16-39(31)47-44(28)33/h3-25H,1-2H3. The summed E-state index contributed by atoms with van der Waals surface area (Å²) in [7, 11) is 0. The number of para-hydroxylation sites is 3. The number of rotatable bonds is 2. The van der Waals surface area contributed by atoms with E-state index < -0.39 is 0 Å². The first-order valence-corrected chi connectivity index (χ1v) is 17.4. The molecule has 0 saturated heterocycles. The number of nitrogens with zero attached hydrogens (tertiary/aromatic N) is 1. The summed E-state index contributed by atoms with van der Waals surface area (Å²) in [5.74, 6) is 0. The molecule has 1 aliphatic carbocycles. The van der Waals surface area contributed by atoms with Gasteiger partial charge in [-0.2, -0.15) is 0 Å². The molecular weight excluding hydrogens is 603 g/mol. The van der Waals surface area contributed by atoms with Crippen molar-refractivity contribution >= 4 is 75.3 Å². The maximum absolute atomic E-state index is 6.44. The van der Waals surface area contributed by atoms with Crippen LogP contribution in [-0.4, -0.2) is 4.57 Å². The molecule has 0 amide bonds. The van der Waals surface area contributed by atoms with Crippen molar-refractivity contribution in [2.45, 2.75) is 19.3 Å². The Kier molecular flexibility index (Phi) is 5.09. The summed E-state index contributed by atoms with van der Waals surface area (Å²) >= 11 is 1.90. The van der Waals surface area contributed by atoms with Crippen molar-refractivity contribution in [2.24, 2.45) is 0 Å². The largest absolute Gasteiger partial charge is 0.455 e. The highest BCUT2D eigenvalue weighted by Crippen LogP contribution is 2.54. The molecule has 0 bridgehead atoms. The molecule has 10 aromatic rings. The Bertz CT molecular complexity index is 2990. The maximum atomic E-state index is 6.44. The maximum Gasteiger partial charge on any atom is 0.143 e. The third-order valence-electron chi connectivity index (χ3n) is 10.8. The van der Waals surface area contributed by atoms with E-state index in [0.29, 0.717) is 0 Å². The quantitative estimate of drug-likeness (QED) is 0.186. The molecule has 3 aromatic heterocycles. The molecule has 0 radical (unpaired) electrons. The number of hydrogen-bond donors (Lipinski definition) is 0. The van der Waals surface area contributed by atoms with E-state index in [4.69, 9.17) is 4.42 Å². The van der Waals surface area contributed by atoms with E-state index >= 15 is 0 Å². The summed E-state index contributed by atoms with van der Waals surface area (Å²) in [6.07, 6.45) is 0. The highest BCUT2D eigenvalue weighted by atomic mass is 32.1. The van der Waals surface area contributed by atoms with E-state index in [1.807, 2.05) is 17.4 Å². The van der Waals surface area contributed by atoms with Gasteiger partial charge in [-0.15, -0.1) is 11.3 Å². The van der Waals surface area contributed by atoms with Gasteiger partial charge >= 0.3 is 0 Å². The van der Waals surface area contributed by atoms with Gasteiger partial charge in [0.15, 0.2) is 0 Å². The summed E-state index contributed by atoms with van der Waals surface area (Å²) in [5.41, 5.74) is 13.2. The van der Waals surface area contributed by atoms with Crippen LogP contribution in [0.15, 0.2) is 144 Å². The van der Waals surface area contributed by atoms with Crippen LogP contribution in [0.2, 0.25) is 0 Å². The van der Waals surface area contributed by atoms with Crippen LogP contribution in [0.5, 0.6) is 0 Å². The number of hydrogen-bond acceptors (Lipinski definition) is 2. The second-order valence-electron chi connectivity index (χ2n) is 13.7. The summed E-state index contributed by atoms with van der Waals surface area (Å²) in [5, 5.41) is 7.58. The van der Waals surface area contributed by atoms with E-state index in [9.17, 15) is 0 Å². The van der Waals surface area contributed by atoms with Crippen molar-refractivity contribution in [1.29, 1.82) is 0 Å². The fraction of sp³-hybridized carbons (Fsp3) is 0.0667. The van der Waals surface area contributed by atoms with Gasteiger partial charge in [-0.3, -0.25) is 0 Å². The van der Waals surface area contributed by atoms with Gasteiger partial charge < -0.3 is 8.98 Å². The highest BCUT2D eigenvalue weighted by Gasteiger charge is 2.38. The normalized spacial score (nSPS) is 13.8. The molecular formula is C45H29NOS. The predicted octanol–water partition coefficient (Wildman–Crippen LogP) is 13.0. The van der Waals surface area contributed by atoms with Crippen molar-refractivity contribution in [3.63, 3.8) is 0 Å². The number of furan rings is 1. The van der Waals surface area contributed by atoms with Gasteiger partial charge in [-0.05, 0) is 76.3 Å². The van der Waals surface area contributed by atoms with Crippen molar-refractivity contribution in [3.8, 4) is 27.9 Å². The molecule has 2 nitrogen and oxygen atoms in total. The lowest BCUT2D eigenvalue weighted by Crippen LogP contribution is -2.15. The fourth-order valence-corrected chi connectivity index (χ4v) is 9.76. The SMILES string of the molecule is CC1(C)c2cc(-n3c4ccccc4c4cc(-c5cccc6c5oc5ccccc56)ccc43)ccc2-c2ccc3sc4ccccc4c3c21. The Morgan fingerprint density at radius 2 is 1.29 bits per heavy atom. The van der Waals surface area contributed by atoms with Gasteiger partial charge in [0, 0.05) is 58.4 Å². The van der Waals surface area contributed by atoms with Gasteiger partial charge in [-0.1, -0.05) is 105 Å². The third-order valence-corrected chi connectivity index (χ3v) is 11.9. The summed E-state index contributed by atoms with van der Waals surface area (Å²) in [6, 6.07) is 51.2. The average molecular weight is 632 g/mol. The zero-order valence-corrected chi connectivity index (χ0v) is 27.4. The van der Waals surface area contributed by atoms with Gasteiger partial charge in [0.2, 0.25) is 0 Å². The van der Waals surface area contributed by atoms with Crippen molar-refractivity contribution in [1.82, 2.24) is 4.57 Å². The minimum atomic E-state index is -0.138. The molecule has 0 N–H and O–H groups in total. The lowest BCUT2D eigenvalue weighted by Gasteiger charge is -2.23. The molecule has 3 heterocycles. The van der Waals surface area contributed by atoms with E-state index in [1.54, 1.807) is 0 Å². The molecule has 48 heavy (non-hydrogen) atoms. The van der Waals surface area contributed by atoms with Crippen molar-refractivity contribution in [3.05, 3.63) is 151 Å². The molecule has 0 saturated carbocycles. The fourth-order valence-electron chi connectivity index (χ4n) is 8.64. The number of fused-ring (bicyclic) bond motifs is 13. The van der Waals surface area contributed by atoms with E-state index in [-0.39, 0.29) is 5.41 Å². The Labute approximate surface area is 281 Å². The zero-order valence-electron chi connectivity index (χ0n) is 26.5. The molecule has 3 heteroatoms. The van der Waals surface area contributed by atoms with E-state index in [0.717, 1.165) is 33.1 Å². The zero-order chi connectivity index (χ0) is 31.7. The highest BCUT2D eigenvalue weighted by molar-refractivity contribution is 7.25. The predicted molar refractivity (Wildman–Crippen MR) is 204 cm³/mol. The van der Waals surface area contributed by atoms with Crippen LogP contribution in [0.4, 0.5) is 0 Å². The van der Waals surface area contributed by atoms with Gasteiger partial charge in [-0.25, -0.2) is 0 Å². The summed E-state index contributed by atoms with van der Waals surface area (Å²) < 4.78 is 11.6. The van der Waals surface area contributed by atoms with Crippen LogP contribution in [0.1, 0.15) is 25.0 Å². The first kappa shape index (κ1) is 26.4. The molecule has 0 spiro atoms. The molecule has 11 rings (SSSR count). The first-order valence-electron chi connectivity index (χ1n) is 16.6. The van der Waals surface area contributed by atoms with Gasteiger partial charge in [0.1, 0.15) is 11.2 Å². The van der Waals surface area contributed by atoms with Gasteiger partial charge in [0.05, 0.1) is 11.0 Å². The molecule has 0 atom stereocenters. The van der Waals surface area contributed by atoms with Gasteiger partial charge in [0.25, 0.3) is 0 Å². The van der Waals surface area contributed by atoms with Crippen LogP contribution < -0.4 is 0 Å². The van der Waals surface area contributed by atoms with E-state index in [2.05, 4.69) is 152 Å². The molecule has 0 unspecified atom stereocenters. The van der Waals surface area contributed by atoms with E-state index in [1.165, 1.54) is 69.9 Å². The van der Waals surface area contributed by atoms with Crippen LogP contribution in [-0.2, 0) is 5.41 Å². The number of benzene rings is 7. The third kappa shape index (κ3) is 3.36.